The normalized spacial score (nSPS) is 11.0. The van der Waals surface area contributed by atoms with Crippen LogP contribution >= 0.6 is 0 Å². The molecule has 0 fully saturated rings. The average molecular weight is 420 g/mol. The van der Waals surface area contributed by atoms with Crippen LogP contribution in [0.25, 0.3) is 17.1 Å². The highest BCUT2D eigenvalue weighted by molar-refractivity contribution is 5.86. The molecule has 1 N–H and O–H groups in total. The number of methoxy groups -OCH3 is 1. The number of hydrogen-bond acceptors (Lipinski definition) is 4. The number of imidazole rings is 1. The Morgan fingerprint density at radius 2 is 2.03 bits per heavy atom. The number of unbranched alkanes of at least 4 members (excludes halogenated alkanes) is 1. The van der Waals surface area contributed by atoms with E-state index in [1.165, 1.54) is 6.08 Å². The van der Waals surface area contributed by atoms with E-state index in [1.807, 2.05) is 55.5 Å². The summed E-state index contributed by atoms with van der Waals surface area (Å²) in [5, 5.41) is 2.82. The molecule has 0 saturated heterocycles. The zero-order valence-corrected chi connectivity index (χ0v) is 18.1. The topological polar surface area (TPSA) is 65.4 Å². The van der Waals surface area contributed by atoms with Crippen LogP contribution in [0.15, 0.2) is 61.2 Å². The minimum absolute atomic E-state index is 0.207. The van der Waals surface area contributed by atoms with Gasteiger partial charge < -0.3 is 19.4 Å². The van der Waals surface area contributed by atoms with Crippen molar-refractivity contribution >= 4 is 23.0 Å². The lowest BCUT2D eigenvalue weighted by atomic mass is 10.2. The first-order valence-corrected chi connectivity index (χ1v) is 10.4. The van der Waals surface area contributed by atoms with Gasteiger partial charge >= 0.3 is 0 Å². The number of para-hydroxylation sites is 2. The average Bonchev–Trinajstić information content (AvgIpc) is 3.15. The number of amides is 1. The van der Waals surface area contributed by atoms with Gasteiger partial charge in [0.05, 0.1) is 31.3 Å². The first-order valence-electron chi connectivity index (χ1n) is 10.4. The highest BCUT2D eigenvalue weighted by atomic mass is 16.5. The smallest absolute Gasteiger partial charge is 0.243 e. The van der Waals surface area contributed by atoms with E-state index >= 15 is 0 Å². The van der Waals surface area contributed by atoms with E-state index < -0.39 is 0 Å². The molecule has 0 atom stereocenters. The Balaban J connectivity index is 1.59. The Morgan fingerprint density at radius 3 is 2.81 bits per heavy atom. The van der Waals surface area contributed by atoms with Crippen molar-refractivity contribution in [3.63, 3.8) is 0 Å². The molecule has 6 heteroatoms. The number of allylic oxidation sites excluding steroid dienone is 1. The molecule has 3 rings (SSSR count). The van der Waals surface area contributed by atoms with Crippen LogP contribution in [0.4, 0.5) is 0 Å². The molecule has 0 spiro atoms. The summed E-state index contributed by atoms with van der Waals surface area (Å²) in [6, 6.07) is 13.9. The summed E-state index contributed by atoms with van der Waals surface area (Å²) in [7, 11) is 1.65. The molecule has 1 aromatic heterocycles. The number of rotatable bonds is 11. The highest BCUT2D eigenvalue weighted by Gasteiger charge is 2.11. The number of hydrogen-bond donors (Lipinski definition) is 1. The number of ether oxygens (including phenoxy) is 2. The van der Waals surface area contributed by atoms with Gasteiger partial charge in [0.1, 0.15) is 5.82 Å². The van der Waals surface area contributed by atoms with Gasteiger partial charge in [-0.05, 0) is 55.7 Å². The summed E-state index contributed by atoms with van der Waals surface area (Å²) < 4.78 is 13.6. The predicted octanol–water partition coefficient (Wildman–Crippen LogP) is 4.74. The molecule has 0 unspecified atom stereocenters. The summed E-state index contributed by atoms with van der Waals surface area (Å²) in [5.74, 6) is 2.10. The Labute approximate surface area is 183 Å². The second-order valence-electron chi connectivity index (χ2n) is 7.06. The molecule has 0 saturated carbocycles. The number of aromatic nitrogens is 2. The summed E-state index contributed by atoms with van der Waals surface area (Å²) in [4.78, 5) is 16.2. The third-order valence-electron chi connectivity index (χ3n) is 4.92. The molecule has 0 bridgehead atoms. The van der Waals surface area contributed by atoms with Crippen molar-refractivity contribution in [1.29, 1.82) is 0 Å². The SMILES string of the molecule is C=CC(=O)NCc1nc2ccccc2n1CCCCOc1ccc(/C=C/C)cc1OC. The number of carbonyl (C=O) groups is 1. The van der Waals surface area contributed by atoms with E-state index in [0.29, 0.717) is 13.2 Å². The van der Waals surface area contributed by atoms with Crippen LogP contribution in [0.1, 0.15) is 31.2 Å². The minimum atomic E-state index is -0.207. The minimum Gasteiger partial charge on any atom is -0.493 e. The van der Waals surface area contributed by atoms with Crippen LogP contribution < -0.4 is 14.8 Å². The fourth-order valence-electron chi connectivity index (χ4n) is 3.40. The van der Waals surface area contributed by atoms with Crippen LogP contribution in [-0.2, 0) is 17.9 Å². The summed E-state index contributed by atoms with van der Waals surface area (Å²) in [6.45, 7) is 7.23. The molecule has 162 valence electrons. The fourth-order valence-corrected chi connectivity index (χ4v) is 3.40. The van der Waals surface area contributed by atoms with E-state index in [-0.39, 0.29) is 5.91 Å². The van der Waals surface area contributed by atoms with Gasteiger partial charge in [-0.3, -0.25) is 4.79 Å². The Morgan fingerprint density at radius 1 is 1.19 bits per heavy atom. The largest absolute Gasteiger partial charge is 0.493 e. The predicted molar refractivity (Wildman–Crippen MR) is 124 cm³/mol. The zero-order valence-electron chi connectivity index (χ0n) is 18.1. The second kappa shape index (κ2) is 11.0. The van der Waals surface area contributed by atoms with Gasteiger partial charge in [0, 0.05) is 6.54 Å². The van der Waals surface area contributed by atoms with Gasteiger partial charge in [-0.2, -0.15) is 0 Å². The molecule has 0 aliphatic heterocycles. The van der Waals surface area contributed by atoms with E-state index in [0.717, 1.165) is 53.3 Å². The third kappa shape index (κ3) is 5.75. The first kappa shape index (κ1) is 22.2. The van der Waals surface area contributed by atoms with E-state index in [1.54, 1.807) is 7.11 Å². The summed E-state index contributed by atoms with van der Waals surface area (Å²) in [6.07, 6.45) is 7.08. The van der Waals surface area contributed by atoms with E-state index in [2.05, 4.69) is 27.5 Å². The first-order chi connectivity index (χ1) is 15.2. The standard InChI is InChI=1S/C25H29N3O3/c1-4-10-19-13-14-22(23(17-19)30-3)31-16-9-8-15-28-21-12-7-6-11-20(21)27-24(28)18-26-25(29)5-2/h4-7,10-14,17H,2,8-9,15-16,18H2,1,3H3,(H,26,29)/b10-4+. The van der Waals surface area contributed by atoms with Crippen LogP contribution in [0.5, 0.6) is 11.5 Å². The summed E-state index contributed by atoms with van der Waals surface area (Å²) in [5.41, 5.74) is 3.06. The van der Waals surface area contributed by atoms with Crippen LogP contribution in [0, 0.1) is 0 Å². The van der Waals surface area contributed by atoms with E-state index in [9.17, 15) is 4.79 Å². The lowest BCUT2D eigenvalue weighted by molar-refractivity contribution is -0.116. The Bertz CT molecular complexity index is 1070. The molecule has 2 aromatic carbocycles. The third-order valence-corrected chi connectivity index (χ3v) is 4.92. The molecule has 0 radical (unpaired) electrons. The molecular weight excluding hydrogens is 390 g/mol. The van der Waals surface area contributed by atoms with E-state index in [4.69, 9.17) is 9.47 Å². The number of benzene rings is 2. The van der Waals surface area contributed by atoms with Crippen LogP contribution in [-0.4, -0.2) is 29.2 Å². The molecule has 0 aliphatic rings. The van der Waals surface area contributed by atoms with Gasteiger partial charge in [-0.1, -0.05) is 36.9 Å². The van der Waals surface area contributed by atoms with Crippen molar-refractivity contribution in [3.05, 3.63) is 72.6 Å². The lowest BCUT2D eigenvalue weighted by Gasteiger charge is -2.12. The van der Waals surface area contributed by atoms with Gasteiger partial charge in [0.25, 0.3) is 0 Å². The molecule has 1 amide bonds. The molecule has 1 heterocycles. The van der Waals surface area contributed by atoms with Crippen molar-refractivity contribution in [2.45, 2.75) is 32.9 Å². The van der Waals surface area contributed by atoms with Gasteiger partial charge in [0.2, 0.25) is 5.91 Å². The van der Waals surface area contributed by atoms with Gasteiger partial charge in [-0.15, -0.1) is 0 Å². The Hall–Kier alpha value is -3.54. The maximum Gasteiger partial charge on any atom is 0.243 e. The van der Waals surface area contributed by atoms with Gasteiger partial charge in [0.15, 0.2) is 11.5 Å². The summed E-state index contributed by atoms with van der Waals surface area (Å²) >= 11 is 0. The Kier molecular flexibility index (Phi) is 7.87. The quantitative estimate of drug-likeness (QED) is 0.360. The molecule has 3 aromatic rings. The number of nitrogens with one attached hydrogen (secondary N) is 1. The van der Waals surface area contributed by atoms with Crippen LogP contribution in [0.3, 0.4) is 0 Å². The van der Waals surface area contributed by atoms with Crippen molar-refractivity contribution in [3.8, 4) is 11.5 Å². The van der Waals surface area contributed by atoms with Crippen LogP contribution in [0.2, 0.25) is 0 Å². The van der Waals surface area contributed by atoms with Gasteiger partial charge in [-0.25, -0.2) is 4.98 Å². The maximum absolute atomic E-state index is 11.6. The number of nitrogens with zero attached hydrogens (tertiary/aromatic N) is 2. The molecule has 0 aliphatic carbocycles. The molecular formula is C25H29N3O3. The maximum atomic E-state index is 11.6. The molecule has 6 nitrogen and oxygen atoms in total. The van der Waals surface area contributed by atoms with Crippen molar-refractivity contribution in [2.75, 3.05) is 13.7 Å². The van der Waals surface area contributed by atoms with Crippen molar-refractivity contribution in [2.24, 2.45) is 0 Å². The number of aryl methyl sites for hydroxylation is 1. The number of carbonyl (C=O) groups excluding carboxylic acids is 1. The number of fused-ring (bicyclic) bond motifs is 1. The molecule has 31 heavy (non-hydrogen) atoms. The zero-order chi connectivity index (χ0) is 22.1. The van der Waals surface area contributed by atoms with Crippen molar-refractivity contribution < 1.29 is 14.3 Å². The van der Waals surface area contributed by atoms with Crippen molar-refractivity contribution in [1.82, 2.24) is 14.9 Å². The highest BCUT2D eigenvalue weighted by Crippen LogP contribution is 2.28. The monoisotopic (exact) mass is 419 g/mol. The lowest BCUT2D eigenvalue weighted by Crippen LogP contribution is -2.22. The second-order valence-corrected chi connectivity index (χ2v) is 7.06. The fraction of sp³-hybridized carbons (Fsp3) is 0.280.